The molecule has 1 rings (SSSR count). The number of hydrogen-bond donors (Lipinski definition) is 1. The highest BCUT2D eigenvalue weighted by molar-refractivity contribution is 9.10. The number of H-pyrrole nitrogens is 1. The molecule has 2 nitrogen and oxygen atoms in total. The summed E-state index contributed by atoms with van der Waals surface area (Å²) in [6, 6.07) is 0. The van der Waals surface area contributed by atoms with Crippen molar-refractivity contribution in [1.82, 2.24) is 9.97 Å². The average molecular weight is 197 g/mol. The monoisotopic (exact) mass is 196 g/mol. The largest absolute Gasteiger partial charge is 0.332 e. The van der Waals surface area contributed by atoms with Crippen LogP contribution < -0.4 is 0 Å². The van der Waals surface area contributed by atoms with E-state index in [-0.39, 0.29) is 5.82 Å². The van der Waals surface area contributed by atoms with Gasteiger partial charge in [0.2, 0.25) is 0 Å². The van der Waals surface area contributed by atoms with Gasteiger partial charge < -0.3 is 4.98 Å². The third kappa shape index (κ3) is 1.48. The smallest absolute Gasteiger partial charge is 0.295 e. The number of imidazole rings is 1. The van der Waals surface area contributed by atoms with Gasteiger partial charge in [-0.3, -0.25) is 0 Å². The molecule has 0 fully saturated rings. The van der Waals surface area contributed by atoms with E-state index >= 15 is 0 Å². The van der Waals surface area contributed by atoms with Crippen molar-refractivity contribution >= 4 is 15.9 Å². The fraction of sp³-hybridized carbons (Fsp3) is 0.250. The maximum absolute atomic E-state index is 11.7. The van der Waals surface area contributed by atoms with E-state index in [9.17, 15) is 8.78 Å². The fourth-order valence-electron chi connectivity index (χ4n) is 0.424. The average Bonchev–Trinajstić information content (AvgIpc) is 2.14. The van der Waals surface area contributed by atoms with Gasteiger partial charge in [-0.25, -0.2) is 13.8 Å². The Kier molecular flexibility index (Phi) is 1.80. The second-order valence-corrected chi connectivity index (χ2v) is 2.27. The first-order valence-corrected chi connectivity index (χ1v) is 2.98. The molecule has 1 aromatic rings. The number of hydrogen-bond acceptors (Lipinski definition) is 1. The summed E-state index contributed by atoms with van der Waals surface area (Å²) in [6.07, 6.45) is -1.22. The third-order valence-corrected chi connectivity index (χ3v) is 1.17. The zero-order valence-electron chi connectivity index (χ0n) is 4.24. The van der Waals surface area contributed by atoms with E-state index in [1.54, 1.807) is 0 Å². The van der Waals surface area contributed by atoms with E-state index in [0.717, 1.165) is 0 Å². The number of nitrogens with zero attached hydrogens (tertiary/aromatic N) is 1. The normalized spacial score (nSPS) is 10.7. The number of alkyl halides is 2. The topological polar surface area (TPSA) is 28.7 Å². The lowest BCUT2D eigenvalue weighted by molar-refractivity contribution is 0.141. The first kappa shape index (κ1) is 6.67. The Morgan fingerprint density at radius 3 is 2.56 bits per heavy atom. The van der Waals surface area contributed by atoms with Crippen LogP contribution in [-0.4, -0.2) is 9.97 Å². The number of rotatable bonds is 1. The second-order valence-electron chi connectivity index (χ2n) is 1.42. The van der Waals surface area contributed by atoms with Crippen LogP contribution in [0.2, 0.25) is 0 Å². The van der Waals surface area contributed by atoms with Crippen LogP contribution in [0.4, 0.5) is 8.78 Å². The van der Waals surface area contributed by atoms with E-state index in [1.807, 2.05) is 0 Å². The Hall–Kier alpha value is -0.450. The van der Waals surface area contributed by atoms with E-state index in [0.29, 0.717) is 4.60 Å². The van der Waals surface area contributed by atoms with Gasteiger partial charge in [0.05, 0.1) is 6.20 Å². The molecule has 5 heteroatoms. The highest BCUT2D eigenvalue weighted by Gasteiger charge is 2.09. The van der Waals surface area contributed by atoms with Gasteiger partial charge in [0.25, 0.3) is 6.43 Å². The minimum atomic E-state index is -2.52. The number of aromatic amines is 1. The summed E-state index contributed by atoms with van der Waals surface area (Å²) in [6.45, 7) is 0. The summed E-state index contributed by atoms with van der Waals surface area (Å²) in [4.78, 5) is 5.69. The Labute approximate surface area is 58.4 Å². The second kappa shape index (κ2) is 2.43. The Bertz CT molecular complexity index is 198. The van der Waals surface area contributed by atoms with Crippen LogP contribution in [0.15, 0.2) is 10.8 Å². The molecule has 0 saturated carbocycles. The van der Waals surface area contributed by atoms with Gasteiger partial charge in [-0.2, -0.15) is 0 Å². The Morgan fingerprint density at radius 2 is 2.33 bits per heavy atom. The number of nitrogens with one attached hydrogen (secondary N) is 1. The quantitative estimate of drug-likeness (QED) is 0.733. The molecule has 1 aromatic heterocycles. The minimum absolute atomic E-state index is 0.304. The van der Waals surface area contributed by atoms with E-state index in [2.05, 4.69) is 25.9 Å². The molecule has 0 aliphatic rings. The van der Waals surface area contributed by atoms with Crippen molar-refractivity contribution in [2.24, 2.45) is 0 Å². The highest BCUT2D eigenvalue weighted by Crippen LogP contribution is 2.16. The molecule has 0 aliphatic heterocycles. The SMILES string of the molecule is FC(F)c1ncc(Br)[nH]1. The molecule has 0 saturated heterocycles. The summed E-state index contributed by atoms with van der Waals surface area (Å²) in [7, 11) is 0. The van der Waals surface area contributed by atoms with Crippen LogP contribution in [0.3, 0.4) is 0 Å². The van der Waals surface area contributed by atoms with E-state index < -0.39 is 6.43 Å². The molecular weight excluding hydrogens is 194 g/mol. The van der Waals surface area contributed by atoms with Crippen molar-refractivity contribution in [2.45, 2.75) is 6.43 Å². The molecule has 0 spiro atoms. The van der Waals surface area contributed by atoms with Gasteiger partial charge in [0.1, 0.15) is 4.60 Å². The van der Waals surface area contributed by atoms with Gasteiger partial charge in [0, 0.05) is 0 Å². The van der Waals surface area contributed by atoms with Crippen LogP contribution in [-0.2, 0) is 0 Å². The molecule has 0 aliphatic carbocycles. The zero-order valence-corrected chi connectivity index (χ0v) is 5.82. The Balaban J connectivity index is 2.85. The summed E-state index contributed by atoms with van der Waals surface area (Å²) < 4.78 is 23.8. The van der Waals surface area contributed by atoms with Gasteiger partial charge in [-0.05, 0) is 15.9 Å². The maximum Gasteiger partial charge on any atom is 0.295 e. The third-order valence-electron chi connectivity index (χ3n) is 0.771. The molecule has 50 valence electrons. The summed E-state index contributed by atoms with van der Waals surface area (Å²) in [5, 5.41) is 0. The molecule has 1 N–H and O–H groups in total. The summed E-state index contributed by atoms with van der Waals surface area (Å²) in [5.41, 5.74) is 0. The number of halogens is 3. The lowest BCUT2D eigenvalue weighted by atomic mass is 10.7. The summed E-state index contributed by atoms with van der Waals surface area (Å²) >= 11 is 2.95. The van der Waals surface area contributed by atoms with Crippen LogP contribution in [0.5, 0.6) is 0 Å². The van der Waals surface area contributed by atoms with Gasteiger partial charge in [-0.1, -0.05) is 0 Å². The van der Waals surface area contributed by atoms with E-state index in [4.69, 9.17) is 0 Å². The Morgan fingerprint density at radius 1 is 1.67 bits per heavy atom. The van der Waals surface area contributed by atoms with Gasteiger partial charge >= 0.3 is 0 Å². The predicted molar refractivity (Wildman–Crippen MR) is 31.2 cm³/mol. The molecule has 0 amide bonds. The maximum atomic E-state index is 11.7. The van der Waals surface area contributed by atoms with E-state index in [1.165, 1.54) is 6.20 Å². The summed E-state index contributed by atoms with van der Waals surface area (Å²) in [5.74, 6) is -0.304. The molecule has 1 heterocycles. The molecule has 0 radical (unpaired) electrons. The van der Waals surface area contributed by atoms with Crippen LogP contribution >= 0.6 is 15.9 Å². The van der Waals surface area contributed by atoms with Gasteiger partial charge in [0.15, 0.2) is 5.82 Å². The fourth-order valence-corrected chi connectivity index (χ4v) is 0.730. The van der Waals surface area contributed by atoms with Crippen LogP contribution in [0.25, 0.3) is 0 Å². The minimum Gasteiger partial charge on any atom is -0.332 e. The highest BCUT2D eigenvalue weighted by atomic mass is 79.9. The van der Waals surface area contributed by atoms with Gasteiger partial charge in [-0.15, -0.1) is 0 Å². The molecule has 0 aromatic carbocycles. The lowest BCUT2D eigenvalue weighted by Crippen LogP contribution is -1.84. The lowest BCUT2D eigenvalue weighted by Gasteiger charge is -1.88. The predicted octanol–water partition coefficient (Wildman–Crippen LogP) is 2.11. The molecule has 0 bridgehead atoms. The standard InChI is InChI=1S/C4H3BrF2N2/c5-2-1-8-4(9-2)3(6)7/h1,3H,(H,8,9). The first-order chi connectivity index (χ1) is 4.20. The van der Waals surface area contributed by atoms with Crippen molar-refractivity contribution in [2.75, 3.05) is 0 Å². The molecule has 0 unspecified atom stereocenters. The van der Waals surface area contributed by atoms with Crippen molar-refractivity contribution in [3.8, 4) is 0 Å². The van der Waals surface area contributed by atoms with Crippen molar-refractivity contribution in [1.29, 1.82) is 0 Å². The van der Waals surface area contributed by atoms with Crippen LogP contribution in [0, 0.1) is 0 Å². The molecule has 0 atom stereocenters. The van der Waals surface area contributed by atoms with Crippen molar-refractivity contribution in [3.63, 3.8) is 0 Å². The van der Waals surface area contributed by atoms with Crippen LogP contribution in [0.1, 0.15) is 12.2 Å². The number of aromatic nitrogens is 2. The molecular formula is C4H3BrF2N2. The molecule has 9 heavy (non-hydrogen) atoms. The zero-order chi connectivity index (χ0) is 6.85. The van der Waals surface area contributed by atoms with Crippen molar-refractivity contribution < 1.29 is 8.78 Å². The first-order valence-electron chi connectivity index (χ1n) is 2.18. The van der Waals surface area contributed by atoms with Crippen molar-refractivity contribution in [3.05, 3.63) is 16.6 Å².